The molecule has 0 saturated heterocycles. The first-order chi connectivity index (χ1) is 9.65. The van der Waals surface area contributed by atoms with Crippen LogP contribution in [0.4, 0.5) is 4.79 Å². The number of rotatable bonds is 4. The zero-order valence-corrected chi connectivity index (χ0v) is 12.8. The van der Waals surface area contributed by atoms with E-state index in [-0.39, 0.29) is 12.6 Å². The van der Waals surface area contributed by atoms with Gasteiger partial charge in [0.25, 0.3) is 0 Å². The van der Waals surface area contributed by atoms with Crippen molar-refractivity contribution in [3.63, 3.8) is 0 Å². The Morgan fingerprint density at radius 2 is 1.80 bits per heavy atom. The second-order valence-electron chi connectivity index (χ2n) is 4.48. The van der Waals surface area contributed by atoms with Crippen LogP contribution in [0.15, 0.2) is 59.1 Å². The van der Waals surface area contributed by atoms with Crippen LogP contribution >= 0.6 is 15.9 Å². The predicted octanol–water partition coefficient (Wildman–Crippen LogP) is 4.44. The zero-order valence-electron chi connectivity index (χ0n) is 11.2. The van der Waals surface area contributed by atoms with Crippen LogP contribution < -0.4 is 5.32 Å². The summed E-state index contributed by atoms with van der Waals surface area (Å²) in [7, 11) is 0. The highest BCUT2D eigenvalue weighted by Gasteiger charge is 2.10. The summed E-state index contributed by atoms with van der Waals surface area (Å²) in [6.45, 7) is 2.20. The predicted molar refractivity (Wildman–Crippen MR) is 82.3 cm³/mol. The topological polar surface area (TPSA) is 38.3 Å². The van der Waals surface area contributed by atoms with Crippen molar-refractivity contribution in [3.8, 4) is 0 Å². The lowest BCUT2D eigenvalue weighted by Gasteiger charge is -2.14. The maximum Gasteiger partial charge on any atom is 0.407 e. The fourth-order valence-electron chi connectivity index (χ4n) is 1.78. The molecule has 0 aliphatic rings. The minimum Gasteiger partial charge on any atom is -0.445 e. The Bertz CT molecular complexity index is 554. The lowest BCUT2D eigenvalue weighted by molar-refractivity contribution is 0.136. The van der Waals surface area contributed by atoms with Gasteiger partial charge >= 0.3 is 6.09 Å². The number of hydrogen-bond acceptors (Lipinski definition) is 2. The smallest absolute Gasteiger partial charge is 0.407 e. The van der Waals surface area contributed by atoms with E-state index in [1.807, 2.05) is 61.5 Å². The SMILES string of the molecule is CC(NC(=O)OCc1ccccc1)c1ccc(Br)cc1. The zero-order chi connectivity index (χ0) is 14.4. The van der Waals surface area contributed by atoms with Crippen LogP contribution in [-0.2, 0) is 11.3 Å². The highest BCUT2D eigenvalue weighted by atomic mass is 79.9. The van der Waals surface area contributed by atoms with E-state index in [4.69, 9.17) is 4.74 Å². The number of benzene rings is 2. The highest BCUT2D eigenvalue weighted by molar-refractivity contribution is 9.10. The highest BCUT2D eigenvalue weighted by Crippen LogP contribution is 2.16. The third kappa shape index (κ3) is 4.38. The Morgan fingerprint density at radius 3 is 2.45 bits per heavy atom. The number of halogens is 1. The molecule has 0 radical (unpaired) electrons. The van der Waals surface area contributed by atoms with E-state index in [1.165, 1.54) is 0 Å². The summed E-state index contributed by atoms with van der Waals surface area (Å²) in [5.74, 6) is 0. The molecule has 2 aromatic carbocycles. The van der Waals surface area contributed by atoms with Gasteiger partial charge in [-0.15, -0.1) is 0 Å². The van der Waals surface area contributed by atoms with Crippen LogP contribution in [0.5, 0.6) is 0 Å². The van der Waals surface area contributed by atoms with Gasteiger partial charge in [0, 0.05) is 4.47 Å². The van der Waals surface area contributed by atoms with Crippen LogP contribution in [0.2, 0.25) is 0 Å². The molecule has 2 aromatic rings. The van der Waals surface area contributed by atoms with Gasteiger partial charge < -0.3 is 10.1 Å². The molecule has 0 fully saturated rings. The lowest BCUT2D eigenvalue weighted by Crippen LogP contribution is -2.27. The molecule has 0 bridgehead atoms. The maximum atomic E-state index is 11.7. The quantitative estimate of drug-likeness (QED) is 0.898. The molecule has 2 rings (SSSR count). The molecule has 104 valence electrons. The van der Waals surface area contributed by atoms with Gasteiger partial charge in [0.1, 0.15) is 6.61 Å². The molecule has 4 heteroatoms. The van der Waals surface area contributed by atoms with Gasteiger partial charge in [-0.2, -0.15) is 0 Å². The first kappa shape index (κ1) is 14.6. The first-order valence-corrected chi connectivity index (χ1v) is 7.17. The molecule has 0 aliphatic heterocycles. The van der Waals surface area contributed by atoms with Crippen LogP contribution in [0.3, 0.4) is 0 Å². The van der Waals surface area contributed by atoms with E-state index in [0.29, 0.717) is 0 Å². The van der Waals surface area contributed by atoms with E-state index in [0.717, 1.165) is 15.6 Å². The van der Waals surface area contributed by atoms with Gasteiger partial charge in [0.15, 0.2) is 0 Å². The van der Waals surface area contributed by atoms with E-state index < -0.39 is 6.09 Å². The summed E-state index contributed by atoms with van der Waals surface area (Å²) in [4.78, 5) is 11.7. The molecule has 0 spiro atoms. The summed E-state index contributed by atoms with van der Waals surface area (Å²) < 4.78 is 6.20. The number of alkyl carbamates (subject to hydrolysis) is 1. The van der Waals surface area contributed by atoms with Gasteiger partial charge in [-0.05, 0) is 30.2 Å². The lowest BCUT2D eigenvalue weighted by atomic mass is 10.1. The number of ether oxygens (including phenoxy) is 1. The molecule has 0 heterocycles. The molecule has 1 N–H and O–H groups in total. The minimum absolute atomic E-state index is 0.0913. The normalized spacial score (nSPS) is 11.7. The third-order valence-corrected chi connectivity index (χ3v) is 3.45. The summed E-state index contributed by atoms with van der Waals surface area (Å²) in [6, 6.07) is 17.3. The Kier molecular flexibility index (Phi) is 5.18. The number of nitrogens with one attached hydrogen (secondary N) is 1. The van der Waals surface area contributed by atoms with Crippen molar-refractivity contribution in [1.82, 2.24) is 5.32 Å². The third-order valence-electron chi connectivity index (χ3n) is 2.92. The van der Waals surface area contributed by atoms with E-state index in [1.54, 1.807) is 0 Å². The number of carbonyl (C=O) groups is 1. The average Bonchev–Trinajstić information content (AvgIpc) is 2.47. The van der Waals surface area contributed by atoms with Gasteiger partial charge in [-0.1, -0.05) is 58.4 Å². The van der Waals surface area contributed by atoms with Crippen LogP contribution in [-0.4, -0.2) is 6.09 Å². The Hall–Kier alpha value is -1.81. The fourth-order valence-corrected chi connectivity index (χ4v) is 2.04. The van der Waals surface area contributed by atoms with E-state index in [9.17, 15) is 4.79 Å². The van der Waals surface area contributed by atoms with Crippen LogP contribution in [0, 0.1) is 0 Å². The Balaban J connectivity index is 1.83. The Labute approximate surface area is 127 Å². The van der Waals surface area contributed by atoms with Crippen molar-refractivity contribution < 1.29 is 9.53 Å². The van der Waals surface area contributed by atoms with Crippen molar-refractivity contribution in [3.05, 3.63) is 70.2 Å². The second kappa shape index (κ2) is 7.10. The maximum absolute atomic E-state index is 11.7. The minimum atomic E-state index is -0.413. The standard InChI is InChI=1S/C16H16BrNO2/c1-12(14-7-9-15(17)10-8-14)18-16(19)20-11-13-5-3-2-4-6-13/h2-10,12H,11H2,1H3,(H,18,19). The van der Waals surface area contributed by atoms with Crippen molar-refractivity contribution in [2.24, 2.45) is 0 Å². The van der Waals surface area contributed by atoms with E-state index >= 15 is 0 Å². The first-order valence-electron chi connectivity index (χ1n) is 6.38. The largest absolute Gasteiger partial charge is 0.445 e. The average molecular weight is 334 g/mol. The number of hydrogen-bond donors (Lipinski definition) is 1. The van der Waals surface area contributed by atoms with Gasteiger partial charge in [0.2, 0.25) is 0 Å². The summed E-state index contributed by atoms with van der Waals surface area (Å²) in [6.07, 6.45) is -0.413. The van der Waals surface area contributed by atoms with Crippen LogP contribution in [0.25, 0.3) is 0 Å². The molecular weight excluding hydrogens is 318 g/mol. The molecule has 20 heavy (non-hydrogen) atoms. The van der Waals surface area contributed by atoms with Crippen LogP contribution in [0.1, 0.15) is 24.1 Å². The van der Waals surface area contributed by atoms with Gasteiger partial charge in [-0.3, -0.25) is 0 Å². The van der Waals surface area contributed by atoms with Crippen molar-refractivity contribution >= 4 is 22.0 Å². The fraction of sp³-hybridized carbons (Fsp3) is 0.188. The number of amides is 1. The van der Waals surface area contributed by atoms with Gasteiger partial charge in [0.05, 0.1) is 6.04 Å². The summed E-state index contributed by atoms with van der Waals surface area (Å²) in [5, 5.41) is 2.81. The summed E-state index contributed by atoms with van der Waals surface area (Å²) in [5.41, 5.74) is 2.00. The molecule has 1 atom stereocenters. The van der Waals surface area contributed by atoms with Crippen molar-refractivity contribution in [1.29, 1.82) is 0 Å². The molecule has 0 saturated carbocycles. The molecule has 3 nitrogen and oxygen atoms in total. The Morgan fingerprint density at radius 1 is 1.15 bits per heavy atom. The second-order valence-corrected chi connectivity index (χ2v) is 5.39. The molecule has 0 aromatic heterocycles. The van der Waals surface area contributed by atoms with Crippen molar-refractivity contribution in [2.75, 3.05) is 0 Å². The van der Waals surface area contributed by atoms with Crippen molar-refractivity contribution in [2.45, 2.75) is 19.6 Å². The molecular formula is C16H16BrNO2. The number of carbonyl (C=O) groups excluding carboxylic acids is 1. The monoisotopic (exact) mass is 333 g/mol. The van der Waals surface area contributed by atoms with Gasteiger partial charge in [-0.25, -0.2) is 4.79 Å². The summed E-state index contributed by atoms with van der Waals surface area (Å²) >= 11 is 3.38. The van der Waals surface area contributed by atoms with E-state index in [2.05, 4.69) is 21.2 Å². The molecule has 0 aliphatic carbocycles. The molecule has 1 amide bonds. The molecule has 1 unspecified atom stereocenters.